The molecule has 0 amide bonds. The lowest BCUT2D eigenvalue weighted by Crippen LogP contribution is -1.95. The van der Waals surface area contributed by atoms with Gasteiger partial charge in [-0.15, -0.1) is 0 Å². The zero-order chi connectivity index (χ0) is 21.7. The molecule has 1 aliphatic heterocycles. The van der Waals surface area contributed by atoms with Crippen molar-refractivity contribution >= 4 is 16.9 Å². The molecule has 9 nitrogen and oxygen atoms in total. The summed E-state index contributed by atoms with van der Waals surface area (Å²) >= 11 is 0. The van der Waals surface area contributed by atoms with Crippen LogP contribution in [0.25, 0.3) is 44.8 Å². The molecule has 0 atom stereocenters. The van der Waals surface area contributed by atoms with Crippen LogP contribution in [0.15, 0.2) is 48.8 Å². The first-order valence-electron chi connectivity index (χ1n) is 10.3. The lowest BCUT2D eigenvalue weighted by Gasteiger charge is -2.08. The van der Waals surface area contributed by atoms with Crippen LogP contribution < -0.4 is 10.1 Å². The summed E-state index contributed by atoms with van der Waals surface area (Å²) in [4.78, 5) is 14.2. The maximum Gasteiger partial charge on any atom is 0.219 e. The van der Waals surface area contributed by atoms with Crippen molar-refractivity contribution in [2.75, 3.05) is 19.0 Å². The minimum atomic E-state index is 0.540. The number of nitrogens with zero attached hydrogens (tertiary/aromatic N) is 6. The summed E-state index contributed by atoms with van der Waals surface area (Å²) in [6.45, 7) is 3.71. The molecule has 9 heteroatoms. The van der Waals surface area contributed by atoms with E-state index >= 15 is 0 Å². The van der Waals surface area contributed by atoms with Crippen LogP contribution in [0.5, 0.6) is 5.88 Å². The normalized spacial score (nSPS) is 12.7. The monoisotopic (exact) mass is 424 g/mol. The number of methoxy groups -OCH3 is 1. The Labute approximate surface area is 183 Å². The molecule has 2 N–H and O–H groups in total. The first-order valence-corrected chi connectivity index (χ1v) is 10.3. The van der Waals surface area contributed by atoms with E-state index in [1.807, 2.05) is 60.4 Å². The van der Waals surface area contributed by atoms with E-state index in [-0.39, 0.29) is 0 Å². The predicted molar refractivity (Wildman–Crippen MR) is 121 cm³/mol. The van der Waals surface area contributed by atoms with Gasteiger partial charge in [0, 0.05) is 29.6 Å². The minimum Gasteiger partial charge on any atom is -0.481 e. The summed E-state index contributed by atoms with van der Waals surface area (Å²) in [5.74, 6) is 1.56. The second-order valence-electron chi connectivity index (χ2n) is 7.66. The van der Waals surface area contributed by atoms with Crippen molar-refractivity contribution in [2.24, 2.45) is 0 Å². The maximum absolute atomic E-state index is 5.56. The van der Waals surface area contributed by atoms with Crippen LogP contribution in [0.4, 0.5) is 5.82 Å². The number of aryl methyl sites for hydroxylation is 1. The molecule has 6 heterocycles. The fraction of sp³-hybridized carbons (Fsp3) is 0.174. The van der Waals surface area contributed by atoms with Gasteiger partial charge in [0.25, 0.3) is 0 Å². The lowest BCUT2D eigenvalue weighted by molar-refractivity contribution is 0.398. The van der Waals surface area contributed by atoms with E-state index < -0.39 is 0 Å². The van der Waals surface area contributed by atoms with E-state index in [0.717, 1.165) is 63.7 Å². The predicted octanol–water partition coefficient (Wildman–Crippen LogP) is 3.69. The molecule has 158 valence electrons. The highest BCUT2D eigenvalue weighted by Crippen LogP contribution is 2.37. The van der Waals surface area contributed by atoms with Gasteiger partial charge < -0.3 is 10.1 Å². The van der Waals surface area contributed by atoms with Gasteiger partial charge >= 0.3 is 0 Å². The van der Waals surface area contributed by atoms with Crippen molar-refractivity contribution in [1.82, 2.24) is 34.9 Å². The molecule has 5 aromatic rings. The van der Waals surface area contributed by atoms with Gasteiger partial charge in [-0.3, -0.25) is 9.97 Å². The Kier molecular flexibility index (Phi) is 4.14. The van der Waals surface area contributed by atoms with Gasteiger partial charge in [0.15, 0.2) is 0 Å². The second kappa shape index (κ2) is 7.16. The quantitative estimate of drug-likeness (QED) is 0.453. The van der Waals surface area contributed by atoms with Gasteiger partial charge in [0.2, 0.25) is 5.88 Å². The van der Waals surface area contributed by atoms with Gasteiger partial charge in [-0.2, -0.15) is 10.2 Å². The van der Waals surface area contributed by atoms with Crippen molar-refractivity contribution in [3.05, 3.63) is 54.5 Å². The Morgan fingerprint density at radius 1 is 1.03 bits per heavy atom. The number of nitrogens with one attached hydrogen (secondary N) is 2. The number of hydrogen-bond donors (Lipinski definition) is 2. The largest absolute Gasteiger partial charge is 0.481 e. The summed E-state index contributed by atoms with van der Waals surface area (Å²) in [5.41, 5.74) is 7.46. The lowest BCUT2D eigenvalue weighted by atomic mass is 10.1. The number of rotatable bonds is 4. The highest BCUT2D eigenvalue weighted by atomic mass is 16.5. The van der Waals surface area contributed by atoms with Crippen molar-refractivity contribution in [2.45, 2.75) is 13.5 Å². The fourth-order valence-corrected chi connectivity index (χ4v) is 4.10. The molecule has 5 aromatic heterocycles. The van der Waals surface area contributed by atoms with Crippen molar-refractivity contribution < 1.29 is 4.74 Å². The molecular formula is C23H20N8O. The number of pyridine rings is 3. The number of anilines is 1. The zero-order valence-electron chi connectivity index (χ0n) is 17.6. The third kappa shape index (κ3) is 2.89. The number of aromatic nitrogens is 7. The molecule has 0 fully saturated rings. The topological polar surface area (TPSA) is 106 Å². The third-order valence-electron chi connectivity index (χ3n) is 5.63. The van der Waals surface area contributed by atoms with Crippen LogP contribution in [0.1, 0.15) is 5.69 Å². The molecule has 0 bridgehead atoms. The highest BCUT2D eigenvalue weighted by Gasteiger charge is 2.21. The molecular weight excluding hydrogens is 404 g/mol. The Morgan fingerprint density at radius 3 is 2.84 bits per heavy atom. The van der Waals surface area contributed by atoms with Crippen molar-refractivity contribution in [3.8, 4) is 39.7 Å². The zero-order valence-corrected chi connectivity index (χ0v) is 17.6. The first-order chi connectivity index (χ1) is 15.7. The van der Waals surface area contributed by atoms with Crippen LogP contribution in [-0.4, -0.2) is 48.6 Å². The number of fused-ring (bicyclic) bond motifs is 2. The molecule has 6 rings (SSSR count). The molecule has 0 saturated heterocycles. The Morgan fingerprint density at radius 2 is 1.97 bits per heavy atom. The van der Waals surface area contributed by atoms with E-state index in [1.54, 1.807) is 7.11 Å². The number of hydrogen-bond acceptors (Lipinski definition) is 7. The highest BCUT2D eigenvalue weighted by molar-refractivity contribution is 5.88. The Balaban J connectivity index is 1.49. The van der Waals surface area contributed by atoms with E-state index in [4.69, 9.17) is 9.72 Å². The molecule has 0 radical (unpaired) electrons. The van der Waals surface area contributed by atoms with Crippen molar-refractivity contribution in [1.29, 1.82) is 0 Å². The molecule has 0 unspecified atom stereocenters. The smallest absolute Gasteiger partial charge is 0.219 e. The summed E-state index contributed by atoms with van der Waals surface area (Å²) in [6, 6.07) is 11.8. The number of aromatic amines is 1. The Hall–Kier alpha value is -4.27. The van der Waals surface area contributed by atoms with Crippen LogP contribution in [0.3, 0.4) is 0 Å². The van der Waals surface area contributed by atoms with Crippen LogP contribution in [-0.2, 0) is 6.54 Å². The molecule has 0 aromatic carbocycles. The van der Waals surface area contributed by atoms with Crippen LogP contribution >= 0.6 is 0 Å². The molecule has 0 spiro atoms. The molecule has 0 saturated carbocycles. The average molecular weight is 424 g/mol. The summed E-state index contributed by atoms with van der Waals surface area (Å²) in [6.07, 6.45) is 3.73. The fourth-order valence-electron chi connectivity index (χ4n) is 4.10. The van der Waals surface area contributed by atoms with Gasteiger partial charge in [0.05, 0.1) is 47.8 Å². The molecule has 1 aliphatic rings. The number of ether oxygens (including phenoxy) is 1. The van der Waals surface area contributed by atoms with Gasteiger partial charge in [0.1, 0.15) is 11.5 Å². The molecule has 0 aliphatic carbocycles. The Bertz CT molecular complexity index is 1470. The standard InChI is InChI=1S/C23H20N8O/c1-13-4-3-5-18(27-13)21-20(23(32-2)30-29-21)17-7-6-16-19(28-17)10-14(11-25-16)15-12-26-31-9-8-24-22(15)31/h3-7,10-12,24H,8-9H2,1-2H3,(H,29,30). The maximum atomic E-state index is 5.56. The SMILES string of the molecule is COc1[nH]nc(-c2cccc(C)n2)c1-c1ccc2ncc(-c3cnn4c3NCC4)cc2n1. The summed E-state index contributed by atoms with van der Waals surface area (Å²) in [5, 5.41) is 15.3. The average Bonchev–Trinajstić information content (AvgIpc) is 3.54. The third-order valence-corrected chi connectivity index (χ3v) is 5.63. The minimum absolute atomic E-state index is 0.540. The van der Waals surface area contributed by atoms with Gasteiger partial charge in [-0.05, 0) is 37.3 Å². The molecule has 32 heavy (non-hydrogen) atoms. The van der Waals surface area contributed by atoms with Gasteiger partial charge in [-0.25, -0.2) is 14.8 Å². The first kappa shape index (κ1) is 18.5. The van der Waals surface area contributed by atoms with Gasteiger partial charge in [-0.1, -0.05) is 6.07 Å². The van der Waals surface area contributed by atoms with Crippen molar-refractivity contribution in [3.63, 3.8) is 0 Å². The van der Waals surface area contributed by atoms with Crippen LogP contribution in [0.2, 0.25) is 0 Å². The van der Waals surface area contributed by atoms with E-state index in [1.165, 1.54) is 0 Å². The second-order valence-corrected chi connectivity index (χ2v) is 7.66. The van der Waals surface area contributed by atoms with E-state index in [9.17, 15) is 0 Å². The van der Waals surface area contributed by atoms with Crippen LogP contribution in [0, 0.1) is 6.92 Å². The van der Waals surface area contributed by atoms with E-state index in [0.29, 0.717) is 11.6 Å². The van der Waals surface area contributed by atoms with E-state index in [2.05, 4.69) is 30.6 Å². The number of H-pyrrole nitrogens is 1. The summed E-state index contributed by atoms with van der Waals surface area (Å²) < 4.78 is 7.53. The summed E-state index contributed by atoms with van der Waals surface area (Å²) in [7, 11) is 1.61.